The molecule has 1 unspecified atom stereocenters. The van der Waals surface area contributed by atoms with Crippen molar-refractivity contribution in [2.45, 2.75) is 38.8 Å². The third-order valence-electron chi connectivity index (χ3n) is 6.23. The highest BCUT2D eigenvalue weighted by molar-refractivity contribution is 5.87. The van der Waals surface area contributed by atoms with Crippen LogP contribution in [-0.2, 0) is 11.2 Å². The van der Waals surface area contributed by atoms with Crippen LogP contribution >= 0.6 is 0 Å². The number of aliphatic hydroxyl groups excluding tert-OH is 1. The molecule has 1 N–H and O–H groups in total. The first-order valence-corrected chi connectivity index (χ1v) is 10.7. The Morgan fingerprint density at radius 1 is 1.10 bits per heavy atom. The quantitative estimate of drug-likeness (QED) is 0.818. The zero-order valence-corrected chi connectivity index (χ0v) is 18.6. The molecule has 2 aromatic carbocycles. The number of carbonyl (C=O) groups is 1. The number of hydrogen-bond acceptors (Lipinski definition) is 5. The summed E-state index contributed by atoms with van der Waals surface area (Å²) in [5.74, 6) is 1.37. The number of anilines is 1. The van der Waals surface area contributed by atoms with E-state index in [0.29, 0.717) is 18.0 Å². The summed E-state index contributed by atoms with van der Waals surface area (Å²) in [5, 5.41) is 9.85. The van der Waals surface area contributed by atoms with Crippen LogP contribution in [0.2, 0.25) is 0 Å². The summed E-state index contributed by atoms with van der Waals surface area (Å²) >= 11 is 0. The summed E-state index contributed by atoms with van der Waals surface area (Å²) < 4.78 is 11.1. The molecule has 0 spiro atoms. The van der Waals surface area contributed by atoms with Crippen molar-refractivity contribution >= 4 is 17.2 Å². The molecule has 2 heterocycles. The van der Waals surface area contributed by atoms with Gasteiger partial charge in [0.1, 0.15) is 0 Å². The lowest BCUT2D eigenvalue weighted by Gasteiger charge is -2.23. The molecule has 31 heavy (non-hydrogen) atoms. The van der Waals surface area contributed by atoms with E-state index in [-0.39, 0.29) is 18.1 Å². The van der Waals surface area contributed by atoms with Crippen molar-refractivity contribution in [3.8, 4) is 11.5 Å². The van der Waals surface area contributed by atoms with Crippen LogP contribution in [0.4, 0.5) is 5.69 Å². The van der Waals surface area contributed by atoms with Crippen molar-refractivity contribution in [1.82, 2.24) is 4.90 Å². The lowest BCUT2D eigenvalue weighted by Crippen LogP contribution is -2.33. The Labute approximate surface area is 183 Å². The fourth-order valence-electron chi connectivity index (χ4n) is 4.55. The number of hydrogen-bond donors (Lipinski definition) is 1. The second-order valence-electron chi connectivity index (χ2n) is 8.32. The second-order valence-corrected chi connectivity index (χ2v) is 8.32. The molecule has 2 aromatic rings. The van der Waals surface area contributed by atoms with E-state index in [1.54, 1.807) is 26.0 Å². The number of aliphatic hydroxyl groups is 1. The van der Waals surface area contributed by atoms with Crippen molar-refractivity contribution in [3.05, 3.63) is 59.3 Å². The monoisotopic (exact) mass is 422 g/mol. The SMILES string of the molecule is COc1cc2c(cc1OC)C(c1ccc(N3CC[C@@H](O)C3)cc1)=CN(C(C)=O)C(C)C2. The van der Waals surface area contributed by atoms with Crippen molar-refractivity contribution in [3.63, 3.8) is 0 Å². The Balaban J connectivity index is 1.80. The number of ether oxygens (including phenoxy) is 2. The van der Waals surface area contributed by atoms with Gasteiger partial charge in [-0.1, -0.05) is 12.1 Å². The Kier molecular flexibility index (Phi) is 5.92. The van der Waals surface area contributed by atoms with Gasteiger partial charge in [0.15, 0.2) is 11.5 Å². The van der Waals surface area contributed by atoms with Crippen LogP contribution in [0.3, 0.4) is 0 Å². The summed E-state index contributed by atoms with van der Waals surface area (Å²) in [6.07, 6.45) is 3.22. The van der Waals surface area contributed by atoms with Gasteiger partial charge in [0, 0.05) is 43.5 Å². The normalized spacial score (nSPS) is 20.7. The molecule has 0 saturated carbocycles. The van der Waals surface area contributed by atoms with Gasteiger partial charge in [0.25, 0.3) is 0 Å². The molecule has 0 aliphatic carbocycles. The molecule has 0 radical (unpaired) electrons. The van der Waals surface area contributed by atoms with Gasteiger partial charge < -0.3 is 24.4 Å². The minimum Gasteiger partial charge on any atom is -0.493 e. The average Bonchev–Trinajstić information content (AvgIpc) is 3.14. The third kappa shape index (κ3) is 4.12. The number of benzene rings is 2. The zero-order valence-electron chi connectivity index (χ0n) is 18.6. The third-order valence-corrected chi connectivity index (χ3v) is 6.23. The van der Waals surface area contributed by atoms with E-state index in [4.69, 9.17) is 9.47 Å². The Bertz CT molecular complexity index is 999. The second kappa shape index (κ2) is 8.63. The molecule has 1 amide bonds. The zero-order chi connectivity index (χ0) is 22.1. The summed E-state index contributed by atoms with van der Waals surface area (Å²) in [6.45, 7) is 5.18. The first kappa shape index (κ1) is 21.2. The molecule has 1 saturated heterocycles. The largest absolute Gasteiger partial charge is 0.493 e. The molecular weight excluding hydrogens is 392 g/mol. The average molecular weight is 423 g/mol. The number of nitrogens with zero attached hydrogens (tertiary/aromatic N) is 2. The fourth-order valence-corrected chi connectivity index (χ4v) is 4.55. The molecule has 164 valence electrons. The van der Waals surface area contributed by atoms with E-state index in [1.807, 2.05) is 18.3 Å². The van der Waals surface area contributed by atoms with E-state index < -0.39 is 0 Å². The van der Waals surface area contributed by atoms with Gasteiger partial charge in [-0.2, -0.15) is 0 Å². The highest BCUT2D eigenvalue weighted by atomic mass is 16.5. The summed E-state index contributed by atoms with van der Waals surface area (Å²) in [5.41, 5.74) is 5.25. The van der Waals surface area contributed by atoms with Gasteiger partial charge in [-0.05, 0) is 60.7 Å². The first-order valence-electron chi connectivity index (χ1n) is 10.7. The lowest BCUT2D eigenvalue weighted by atomic mass is 9.92. The van der Waals surface area contributed by atoms with Gasteiger partial charge in [-0.25, -0.2) is 0 Å². The molecule has 2 atom stereocenters. The van der Waals surface area contributed by atoms with Gasteiger partial charge in [0.05, 0.1) is 20.3 Å². The summed E-state index contributed by atoms with van der Waals surface area (Å²) in [6, 6.07) is 12.4. The first-order chi connectivity index (χ1) is 14.9. The maximum Gasteiger partial charge on any atom is 0.223 e. The number of rotatable bonds is 4. The fraction of sp³-hybridized carbons (Fsp3) is 0.400. The molecule has 1 fully saturated rings. The Morgan fingerprint density at radius 3 is 2.35 bits per heavy atom. The van der Waals surface area contributed by atoms with E-state index in [2.05, 4.69) is 36.1 Å². The van der Waals surface area contributed by atoms with Gasteiger partial charge in [0.2, 0.25) is 5.91 Å². The van der Waals surface area contributed by atoms with Crippen LogP contribution in [0.15, 0.2) is 42.6 Å². The van der Waals surface area contributed by atoms with Gasteiger partial charge in [-0.15, -0.1) is 0 Å². The standard InChI is InChI=1S/C25H30N2O4/c1-16-11-19-12-24(30-3)25(31-4)13-22(19)23(15-27(16)17(2)28)18-5-7-20(8-6-18)26-10-9-21(29)14-26/h5-8,12-13,15-16,21,29H,9-11,14H2,1-4H3/t16?,21-/m1/s1. The number of methoxy groups -OCH3 is 2. The lowest BCUT2D eigenvalue weighted by molar-refractivity contribution is -0.127. The molecular formula is C25H30N2O4. The maximum absolute atomic E-state index is 12.4. The molecule has 6 heteroatoms. The van der Waals surface area contributed by atoms with Crippen LogP contribution in [0.5, 0.6) is 11.5 Å². The van der Waals surface area contributed by atoms with E-state index >= 15 is 0 Å². The minimum atomic E-state index is -0.260. The maximum atomic E-state index is 12.4. The van der Waals surface area contributed by atoms with Crippen molar-refractivity contribution < 1.29 is 19.4 Å². The molecule has 6 nitrogen and oxygen atoms in total. The summed E-state index contributed by atoms with van der Waals surface area (Å²) in [7, 11) is 3.27. The predicted molar refractivity (Wildman–Crippen MR) is 122 cm³/mol. The van der Waals surface area contributed by atoms with E-state index in [0.717, 1.165) is 47.3 Å². The van der Waals surface area contributed by atoms with Crippen LogP contribution in [0.1, 0.15) is 37.0 Å². The topological polar surface area (TPSA) is 62.2 Å². The highest BCUT2D eigenvalue weighted by Gasteiger charge is 2.26. The summed E-state index contributed by atoms with van der Waals surface area (Å²) in [4.78, 5) is 16.4. The van der Waals surface area contributed by atoms with Crippen molar-refractivity contribution in [1.29, 1.82) is 0 Å². The Hall–Kier alpha value is -2.99. The van der Waals surface area contributed by atoms with E-state index in [1.165, 1.54) is 0 Å². The Morgan fingerprint density at radius 2 is 1.77 bits per heavy atom. The molecule has 2 aliphatic rings. The van der Waals surface area contributed by atoms with Gasteiger partial charge in [-0.3, -0.25) is 4.79 Å². The van der Waals surface area contributed by atoms with Crippen LogP contribution in [0, 0.1) is 0 Å². The van der Waals surface area contributed by atoms with Crippen LogP contribution in [0.25, 0.3) is 5.57 Å². The van der Waals surface area contributed by atoms with Crippen molar-refractivity contribution in [2.24, 2.45) is 0 Å². The number of carbonyl (C=O) groups excluding carboxylic acids is 1. The van der Waals surface area contributed by atoms with E-state index in [9.17, 15) is 9.90 Å². The molecule has 0 bridgehead atoms. The number of amides is 1. The number of fused-ring (bicyclic) bond motifs is 1. The molecule has 0 aromatic heterocycles. The van der Waals surface area contributed by atoms with Crippen LogP contribution < -0.4 is 14.4 Å². The minimum absolute atomic E-state index is 0.0133. The predicted octanol–water partition coefficient (Wildman–Crippen LogP) is 3.46. The number of β-amino-alcohol motifs (C(OH)–C–C–N with tert-alkyl or cyclic N) is 1. The van der Waals surface area contributed by atoms with Gasteiger partial charge >= 0.3 is 0 Å². The van der Waals surface area contributed by atoms with Crippen LogP contribution in [-0.4, -0.2) is 55.4 Å². The molecule has 4 rings (SSSR count). The van der Waals surface area contributed by atoms with Crippen molar-refractivity contribution in [2.75, 3.05) is 32.2 Å². The molecule has 2 aliphatic heterocycles. The highest BCUT2D eigenvalue weighted by Crippen LogP contribution is 2.39. The smallest absolute Gasteiger partial charge is 0.223 e.